The molecule has 0 aliphatic heterocycles. The fourth-order valence-corrected chi connectivity index (χ4v) is 0.677. The van der Waals surface area contributed by atoms with Crippen LogP contribution in [0, 0.1) is 0 Å². The van der Waals surface area contributed by atoms with Gasteiger partial charge in [-0.25, -0.2) is 0 Å². The van der Waals surface area contributed by atoms with E-state index in [2.05, 4.69) is 13.8 Å². The molecule has 0 atom stereocenters. The van der Waals surface area contributed by atoms with E-state index in [0.29, 0.717) is 0 Å². The molecule has 0 aliphatic rings. The van der Waals surface area contributed by atoms with Gasteiger partial charge in [0.05, 0.1) is 0 Å². The normalized spacial score (nSPS) is 8.25. The zero-order valence-corrected chi connectivity index (χ0v) is 5.54. The minimum absolute atomic E-state index is 0. The Hall–Kier alpha value is 0.870. The van der Waals surface area contributed by atoms with Gasteiger partial charge in [0.1, 0.15) is 0 Å². The summed E-state index contributed by atoms with van der Waals surface area (Å²) in [5, 5.41) is 0. The van der Waals surface area contributed by atoms with Crippen LogP contribution in [0.3, 0.4) is 0 Å². The third kappa shape index (κ3) is 9.98. The fourth-order valence-electron chi connectivity index (χ4n) is 0.677. The molecule has 8 heavy (non-hydrogen) atoms. The van der Waals surface area contributed by atoms with E-state index in [1.807, 2.05) is 0 Å². The predicted octanol–water partition coefficient (Wildman–Crippen LogP) is 1.79. The molecule has 0 nitrogen and oxygen atoms in total. The van der Waals surface area contributed by atoms with E-state index in [4.69, 9.17) is 0 Å². The minimum atomic E-state index is 0. The standard InChI is InChI=1S/C7H16.In.3H/c1-3-5-7-6-4-2;;;;/h3-7H2,1-2H3;;;;. The first-order valence-electron chi connectivity index (χ1n) is 3.41. The molecule has 50 valence electrons. The van der Waals surface area contributed by atoms with E-state index in [0.717, 1.165) is 0 Å². The molecule has 0 amide bonds. The number of rotatable bonds is 4. The molecule has 0 saturated carbocycles. The van der Waals surface area contributed by atoms with Gasteiger partial charge in [0, 0.05) is 0 Å². The van der Waals surface area contributed by atoms with Crippen LogP contribution in [0.1, 0.15) is 46.0 Å². The van der Waals surface area contributed by atoms with Gasteiger partial charge in [-0.3, -0.25) is 0 Å². The van der Waals surface area contributed by atoms with Crippen molar-refractivity contribution in [2.24, 2.45) is 0 Å². The molecule has 0 aromatic rings. The summed E-state index contributed by atoms with van der Waals surface area (Å²) in [4.78, 5) is 0. The van der Waals surface area contributed by atoms with Gasteiger partial charge in [0.15, 0.2) is 0 Å². The van der Waals surface area contributed by atoms with Crippen molar-refractivity contribution >= 4 is 25.8 Å². The molecule has 0 heterocycles. The van der Waals surface area contributed by atoms with Crippen molar-refractivity contribution in [3.63, 3.8) is 0 Å². The summed E-state index contributed by atoms with van der Waals surface area (Å²) >= 11 is 0. The van der Waals surface area contributed by atoms with Gasteiger partial charge in [0.2, 0.25) is 0 Å². The SMILES string of the molecule is CCCCCCC.[InH3]. The summed E-state index contributed by atoms with van der Waals surface area (Å²) in [5.74, 6) is 0. The Kier molecular flexibility index (Phi) is 15.7. The van der Waals surface area contributed by atoms with Crippen LogP contribution in [0.4, 0.5) is 0 Å². The Morgan fingerprint density at radius 1 is 0.750 bits per heavy atom. The van der Waals surface area contributed by atoms with Crippen molar-refractivity contribution in [3.8, 4) is 0 Å². The Labute approximate surface area is 71.8 Å². The maximum absolute atomic E-state index is 2.25. The summed E-state index contributed by atoms with van der Waals surface area (Å²) in [6, 6.07) is 0. The van der Waals surface area contributed by atoms with E-state index >= 15 is 0 Å². The van der Waals surface area contributed by atoms with Crippen LogP contribution >= 0.6 is 0 Å². The first-order valence-corrected chi connectivity index (χ1v) is 3.41. The molecule has 0 aromatic carbocycles. The Morgan fingerprint density at radius 2 is 1.12 bits per heavy atom. The Morgan fingerprint density at radius 3 is 1.38 bits per heavy atom. The van der Waals surface area contributed by atoms with E-state index in [1.165, 1.54) is 32.1 Å². The van der Waals surface area contributed by atoms with Crippen LogP contribution in [-0.4, -0.2) is 25.8 Å². The topological polar surface area (TPSA) is 0 Å². The Bertz CT molecular complexity index is 23.6. The summed E-state index contributed by atoms with van der Waals surface area (Å²) in [6.45, 7) is 4.49. The van der Waals surface area contributed by atoms with E-state index in [9.17, 15) is 0 Å². The van der Waals surface area contributed by atoms with Gasteiger partial charge in [-0.15, -0.1) is 0 Å². The number of unbranched alkanes of at least 4 members (excludes halogenated alkanes) is 4. The average molecular weight is 218 g/mol. The van der Waals surface area contributed by atoms with Crippen LogP contribution in [0.25, 0.3) is 0 Å². The zero-order chi connectivity index (χ0) is 5.54. The van der Waals surface area contributed by atoms with Crippen molar-refractivity contribution < 1.29 is 0 Å². The zero-order valence-electron chi connectivity index (χ0n) is 5.54. The fraction of sp³-hybridized carbons (Fsp3) is 1.00. The van der Waals surface area contributed by atoms with Crippen molar-refractivity contribution in [1.29, 1.82) is 0 Å². The molecule has 0 spiro atoms. The Balaban J connectivity index is 0. The van der Waals surface area contributed by atoms with Crippen LogP contribution in [-0.2, 0) is 0 Å². The third-order valence-corrected chi connectivity index (χ3v) is 1.21. The van der Waals surface area contributed by atoms with Gasteiger partial charge in [-0.05, 0) is 0 Å². The first kappa shape index (κ1) is 11.6. The molecule has 0 saturated heterocycles. The molecule has 0 fully saturated rings. The van der Waals surface area contributed by atoms with Crippen LogP contribution < -0.4 is 0 Å². The number of hydrogen-bond acceptors (Lipinski definition) is 0. The van der Waals surface area contributed by atoms with E-state index < -0.39 is 0 Å². The summed E-state index contributed by atoms with van der Waals surface area (Å²) in [6.07, 6.45) is 7.01. The van der Waals surface area contributed by atoms with E-state index in [1.54, 1.807) is 0 Å². The van der Waals surface area contributed by atoms with Crippen molar-refractivity contribution in [2.75, 3.05) is 0 Å². The summed E-state index contributed by atoms with van der Waals surface area (Å²) in [7, 11) is 0. The van der Waals surface area contributed by atoms with Crippen molar-refractivity contribution in [2.45, 2.75) is 46.0 Å². The summed E-state index contributed by atoms with van der Waals surface area (Å²) in [5.41, 5.74) is 0. The molecule has 0 unspecified atom stereocenters. The molecule has 0 bridgehead atoms. The quantitative estimate of drug-likeness (QED) is 0.631. The number of hydrogen-bond donors (Lipinski definition) is 0. The molecule has 0 rings (SSSR count). The van der Waals surface area contributed by atoms with Crippen molar-refractivity contribution in [3.05, 3.63) is 0 Å². The second-order valence-electron chi connectivity index (χ2n) is 2.06. The van der Waals surface area contributed by atoms with Crippen LogP contribution in [0.2, 0.25) is 0 Å². The first-order chi connectivity index (χ1) is 3.41. The van der Waals surface area contributed by atoms with Crippen molar-refractivity contribution in [1.82, 2.24) is 0 Å². The molecule has 1 heteroatoms. The molecular weight excluding hydrogens is 199 g/mol. The molecule has 0 aliphatic carbocycles. The van der Waals surface area contributed by atoms with Gasteiger partial charge in [-0.2, -0.15) is 0 Å². The maximum atomic E-state index is 2.25. The molecule has 0 N–H and O–H groups in total. The second kappa shape index (κ2) is 10.8. The van der Waals surface area contributed by atoms with Crippen LogP contribution in [0.15, 0.2) is 0 Å². The van der Waals surface area contributed by atoms with Gasteiger partial charge in [-0.1, -0.05) is 46.0 Å². The van der Waals surface area contributed by atoms with Gasteiger partial charge >= 0.3 is 25.8 Å². The summed E-state index contributed by atoms with van der Waals surface area (Å²) < 4.78 is 0. The molecule has 0 radical (unpaired) electrons. The molecular formula is C7H19In. The van der Waals surface area contributed by atoms with Crippen LogP contribution in [0.5, 0.6) is 0 Å². The van der Waals surface area contributed by atoms with Gasteiger partial charge in [0.25, 0.3) is 0 Å². The molecule has 0 aromatic heterocycles. The van der Waals surface area contributed by atoms with Gasteiger partial charge < -0.3 is 0 Å². The third-order valence-electron chi connectivity index (χ3n) is 1.21. The second-order valence-corrected chi connectivity index (χ2v) is 2.06. The monoisotopic (exact) mass is 218 g/mol. The van der Waals surface area contributed by atoms with E-state index in [-0.39, 0.29) is 25.8 Å². The predicted molar refractivity (Wildman–Crippen MR) is 44.4 cm³/mol. The average Bonchev–Trinajstić information content (AvgIpc) is 1.69.